The van der Waals surface area contributed by atoms with E-state index in [2.05, 4.69) is 36.5 Å². The second-order valence-electron chi connectivity index (χ2n) is 7.07. The molecular weight excluding hydrogens is 250 g/mol. The Hall–Kier alpha value is -1.35. The summed E-state index contributed by atoms with van der Waals surface area (Å²) in [4.78, 5) is 12.8. The Balaban J connectivity index is 1.74. The normalized spacial score (nSPS) is 47.6. The minimum Gasteiger partial charge on any atom is -0.378 e. The molecule has 5 rings (SSSR count). The lowest BCUT2D eigenvalue weighted by Gasteiger charge is -2.48. The van der Waals surface area contributed by atoms with Crippen LogP contribution in [0.1, 0.15) is 44.1 Å². The first-order chi connectivity index (χ1) is 9.67. The molecular formula is C17H19NO2. The molecule has 2 bridgehead atoms. The highest BCUT2D eigenvalue weighted by atomic mass is 16.5. The summed E-state index contributed by atoms with van der Waals surface area (Å²) < 4.78 is 6.39. The molecule has 3 heterocycles. The number of para-hydroxylation sites is 1. The molecule has 3 nitrogen and oxygen atoms in total. The monoisotopic (exact) mass is 269 g/mol. The summed E-state index contributed by atoms with van der Waals surface area (Å²) in [6.45, 7) is 2.16. The van der Waals surface area contributed by atoms with Crippen LogP contribution in [0.2, 0.25) is 0 Å². The number of ether oxygens (including phenoxy) is 1. The van der Waals surface area contributed by atoms with Crippen LogP contribution in [0.5, 0.6) is 0 Å². The summed E-state index contributed by atoms with van der Waals surface area (Å²) in [7, 11) is 0. The van der Waals surface area contributed by atoms with Crippen LogP contribution >= 0.6 is 0 Å². The molecule has 1 aliphatic carbocycles. The van der Waals surface area contributed by atoms with Crippen molar-refractivity contribution in [1.29, 1.82) is 0 Å². The molecule has 3 fully saturated rings. The van der Waals surface area contributed by atoms with Gasteiger partial charge in [-0.15, -0.1) is 0 Å². The van der Waals surface area contributed by atoms with E-state index in [1.807, 2.05) is 0 Å². The summed E-state index contributed by atoms with van der Waals surface area (Å²) >= 11 is 0. The van der Waals surface area contributed by atoms with Gasteiger partial charge in [-0.2, -0.15) is 0 Å². The number of hydrogen-bond acceptors (Lipinski definition) is 3. The fraction of sp³-hybridized carbons (Fsp3) is 0.588. The zero-order chi connectivity index (χ0) is 13.5. The number of Topliss-reactive ketones (excluding diaryl/α,β-unsaturated/α-hetero) is 1. The van der Waals surface area contributed by atoms with Crippen molar-refractivity contribution in [3.05, 3.63) is 29.8 Å². The quantitative estimate of drug-likeness (QED) is 0.787. The highest BCUT2D eigenvalue weighted by Crippen LogP contribution is 2.67. The van der Waals surface area contributed by atoms with Crippen LogP contribution < -0.4 is 5.32 Å². The molecule has 3 heteroatoms. The van der Waals surface area contributed by atoms with Gasteiger partial charge < -0.3 is 10.1 Å². The summed E-state index contributed by atoms with van der Waals surface area (Å²) in [6, 6.07) is 8.67. The maximum atomic E-state index is 12.8. The van der Waals surface area contributed by atoms with Crippen LogP contribution in [0.15, 0.2) is 24.3 Å². The second kappa shape index (κ2) is 3.28. The number of rotatable bonds is 0. The van der Waals surface area contributed by atoms with Gasteiger partial charge in [0.05, 0.1) is 17.1 Å². The van der Waals surface area contributed by atoms with E-state index in [4.69, 9.17) is 4.74 Å². The molecule has 104 valence electrons. The largest absolute Gasteiger partial charge is 0.378 e. The molecule has 20 heavy (non-hydrogen) atoms. The lowest BCUT2D eigenvalue weighted by molar-refractivity contribution is -0.133. The predicted molar refractivity (Wildman–Crippen MR) is 75.8 cm³/mol. The van der Waals surface area contributed by atoms with Gasteiger partial charge in [-0.1, -0.05) is 31.0 Å². The van der Waals surface area contributed by atoms with E-state index in [1.54, 1.807) is 0 Å². The van der Waals surface area contributed by atoms with Crippen molar-refractivity contribution in [3.63, 3.8) is 0 Å². The highest BCUT2D eigenvalue weighted by molar-refractivity contribution is 5.96. The minimum atomic E-state index is -0.268. The van der Waals surface area contributed by atoms with Crippen LogP contribution in [-0.2, 0) is 9.53 Å². The standard InChI is InChI=1S/C17H19NO2/c1-16-8-4-5-9-17(16)12-10-6-2-3-7-11(10)18-13(12)14(20-17)15(16)19/h2-3,6-7,12-14,18H,4-5,8-9H2,1H3/t12-,13+,14+,16+,17-/m1/s1. The minimum absolute atomic E-state index is 0.158. The molecule has 1 spiro atoms. The van der Waals surface area contributed by atoms with Gasteiger partial charge >= 0.3 is 0 Å². The molecule has 1 aromatic carbocycles. The van der Waals surface area contributed by atoms with Crippen LogP contribution in [0.3, 0.4) is 0 Å². The number of anilines is 1. The van der Waals surface area contributed by atoms with Crippen molar-refractivity contribution in [2.75, 3.05) is 5.32 Å². The summed E-state index contributed by atoms with van der Waals surface area (Å²) in [5.41, 5.74) is 2.05. The van der Waals surface area contributed by atoms with Crippen LogP contribution in [0.25, 0.3) is 0 Å². The maximum absolute atomic E-state index is 12.8. The Kier molecular flexibility index (Phi) is 1.85. The van der Waals surface area contributed by atoms with E-state index in [1.165, 1.54) is 17.7 Å². The van der Waals surface area contributed by atoms with Crippen molar-refractivity contribution in [1.82, 2.24) is 0 Å². The van der Waals surface area contributed by atoms with Gasteiger partial charge in [-0.3, -0.25) is 4.79 Å². The van der Waals surface area contributed by atoms with Gasteiger partial charge in [0, 0.05) is 11.6 Å². The van der Waals surface area contributed by atoms with Gasteiger partial charge in [0.2, 0.25) is 0 Å². The van der Waals surface area contributed by atoms with Gasteiger partial charge in [-0.05, 0) is 31.4 Å². The summed E-state index contributed by atoms with van der Waals surface area (Å²) in [6.07, 6.45) is 4.12. The second-order valence-corrected chi connectivity index (χ2v) is 7.07. The van der Waals surface area contributed by atoms with E-state index in [0.29, 0.717) is 11.7 Å². The molecule has 0 unspecified atom stereocenters. The van der Waals surface area contributed by atoms with Gasteiger partial charge in [0.25, 0.3) is 0 Å². The first-order valence-electron chi connectivity index (χ1n) is 7.75. The predicted octanol–water partition coefficient (Wildman–Crippen LogP) is 2.86. The molecule has 4 aliphatic rings. The Bertz CT molecular complexity index is 627. The molecule has 2 saturated heterocycles. The zero-order valence-corrected chi connectivity index (χ0v) is 11.7. The number of benzene rings is 1. The molecule has 1 saturated carbocycles. The summed E-state index contributed by atoms with van der Waals surface area (Å²) in [5, 5.41) is 3.56. The molecule has 1 N–H and O–H groups in total. The zero-order valence-electron chi connectivity index (χ0n) is 11.7. The summed E-state index contributed by atoms with van der Waals surface area (Å²) in [5.74, 6) is 0.699. The third kappa shape index (κ3) is 0.976. The lowest BCUT2D eigenvalue weighted by atomic mass is 9.53. The highest BCUT2D eigenvalue weighted by Gasteiger charge is 2.75. The van der Waals surface area contributed by atoms with E-state index in [-0.39, 0.29) is 23.2 Å². The Morgan fingerprint density at radius 1 is 1.25 bits per heavy atom. The number of fused-ring (bicyclic) bond motifs is 5. The van der Waals surface area contributed by atoms with Gasteiger partial charge in [-0.25, -0.2) is 0 Å². The number of carbonyl (C=O) groups excluding carboxylic acids is 1. The number of nitrogens with one attached hydrogen (secondary N) is 1. The van der Waals surface area contributed by atoms with Crippen LogP contribution in [0.4, 0.5) is 5.69 Å². The van der Waals surface area contributed by atoms with Gasteiger partial charge in [0.1, 0.15) is 6.10 Å². The number of ketones is 1. The third-order valence-electron chi connectivity index (χ3n) is 6.35. The number of hydrogen-bond donors (Lipinski definition) is 1. The molecule has 3 aliphatic heterocycles. The van der Waals surface area contributed by atoms with Crippen molar-refractivity contribution < 1.29 is 9.53 Å². The van der Waals surface area contributed by atoms with Gasteiger partial charge in [0.15, 0.2) is 5.78 Å². The van der Waals surface area contributed by atoms with Crippen molar-refractivity contribution >= 4 is 11.5 Å². The van der Waals surface area contributed by atoms with Crippen molar-refractivity contribution in [2.45, 2.75) is 56.3 Å². The maximum Gasteiger partial charge on any atom is 0.172 e. The SMILES string of the molecule is C[C@@]12CCCC[C@]13O[C@H](C2=O)[C@H]1Nc2ccccc2[C@H]13. The van der Waals surface area contributed by atoms with Crippen molar-refractivity contribution in [2.24, 2.45) is 5.41 Å². The average molecular weight is 269 g/mol. The van der Waals surface area contributed by atoms with E-state index in [0.717, 1.165) is 19.3 Å². The Labute approximate surface area is 118 Å². The fourth-order valence-corrected chi connectivity index (χ4v) is 5.42. The van der Waals surface area contributed by atoms with Crippen LogP contribution in [-0.4, -0.2) is 23.5 Å². The van der Waals surface area contributed by atoms with Crippen LogP contribution in [0, 0.1) is 5.41 Å². The molecule has 0 amide bonds. The van der Waals surface area contributed by atoms with E-state index >= 15 is 0 Å². The molecule has 1 aromatic rings. The molecule has 5 atom stereocenters. The third-order valence-corrected chi connectivity index (χ3v) is 6.35. The smallest absolute Gasteiger partial charge is 0.172 e. The Morgan fingerprint density at radius 3 is 2.95 bits per heavy atom. The van der Waals surface area contributed by atoms with E-state index in [9.17, 15) is 4.79 Å². The molecule has 0 aromatic heterocycles. The van der Waals surface area contributed by atoms with Crippen molar-refractivity contribution in [3.8, 4) is 0 Å². The number of carbonyl (C=O) groups is 1. The first-order valence-corrected chi connectivity index (χ1v) is 7.75. The Morgan fingerprint density at radius 2 is 2.05 bits per heavy atom. The lowest BCUT2D eigenvalue weighted by Crippen LogP contribution is -2.57. The first kappa shape index (κ1) is 11.3. The fourth-order valence-electron chi connectivity index (χ4n) is 5.42. The van der Waals surface area contributed by atoms with E-state index < -0.39 is 0 Å². The average Bonchev–Trinajstić information content (AvgIpc) is 3.05. The molecule has 0 radical (unpaired) electrons. The topological polar surface area (TPSA) is 38.3 Å².